The van der Waals surface area contributed by atoms with Gasteiger partial charge in [0.05, 0.1) is 5.69 Å². The Morgan fingerprint density at radius 2 is 2.04 bits per heavy atom. The van der Waals surface area contributed by atoms with Crippen LogP contribution in [0, 0.1) is 12.8 Å². The van der Waals surface area contributed by atoms with Gasteiger partial charge in [0.2, 0.25) is 0 Å². The summed E-state index contributed by atoms with van der Waals surface area (Å²) in [5, 5.41) is 10.8. The minimum absolute atomic E-state index is 0. The summed E-state index contributed by atoms with van der Waals surface area (Å²) >= 11 is 0. The van der Waals surface area contributed by atoms with Crippen LogP contribution in [-0.2, 0) is 7.05 Å². The van der Waals surface area contributed by atoms with Crippen molar-refractivity contribution in [1.82, 2.24) is 15.1 Å². The van der Waals surface area contributed by atoms with Crippen LogP contribution in [0.25, 0.3) is 0 Å². The highest BCUT2D eigenvalue weighted by Gasteiger charge is 2.39. The molecule has 0 bridgehead atoms. The number of carbonyl (C=O) groups excluding carboxylic acids is 1. The van der Waals surface area contributed by atoms with Crippen LogP contribution in [0.15, 0.2) is 30.3 Å². The Bertz CT molecular complexity index is 773. The highest BCUT2D eigenvalue weighted by atomic mass is 35.5. The largest absolute Gasteiger partial charge is 0.313 e. The Hall–Kier alpha value is -1.56. The maximum absolute atomic E-state index is 12.5. The second kappa shape index (κ2) is 8.42. The highest BCUT2D eigenvalue weighted by molar-refractivity contribution is 6.04. The zero-order chi connectivity index (χ0) is 16.7. The first kappa shape index (κ1) is 20.7. The van der Waals surface area contributed by atoms with Crippen molar-refractivity contribution < 1.29 is 4.79 Å². The topological polar surface area (TPSA) is 59.0 Å². The second-order valence-corrected chi connectivity index (χ2v) is 7.17. The second-order valence-electron chi connectivity index (χ2n) is 7.17. The summed E-state index contributed by atoms with van der Waals surface area (Å²) in [6, 6.07) is 10.5. The lowest BCUT2D eigenvalue weighted by Crippen LogP contribution is -2.20. The lowest BCUT2D eigenvalue weighted by molar-refractivity contribution is 0.102. The van der Waals surface area contributed by atoms with Gasteiger partial charge < -0.3 is 10.6 Å². The van der Waals surface area contributed by atoms with E-state index in [4.69, 9.17) is 0 Å². The molecule has 2 atom stereocenters. The number of rotatable bonds is 6. The van der Waals surface area contributed by atoms with Gasteiger partial charge in [0.15, 0.2) is 0 Å². The van der Waals surface area contributed by atoms with E-state index in [9.17, 15) is 4.79 Å². The molecule has 5 nitrogen and oxygen atoms in total. The van der Waals surface area contributed by atoms with E-state index < -0.39 is 0 Å². The number of carbonyl (C=O) groups is 1. The third kappa shape index (κ3) is 4.78. The number of amides is 1. The number of halogens is 2. The fourth-order valence-corrected chi connectivity index (χ4v) is 3.26. The molecule has 1 heterocycles. The number of anilines is 1. The normalized spacial score (nSPS) is 20.7. The zero-order valence-corrected chi connectivity index (χ0v) is 16.7. The predicted molar refractivity (Wildman–Crippen MR) is 109 cm³/mol. The molecule has 0 saturated heterocycles. The van der Waals surface area contributed by atoms with Gasteiger partial charge in [0.1, 0.15) is 5.82 Å². The zero-order valence-electron chi connectivity index (χ0n) is 15.1. The number of nitrogens with zero attached hydrogens (tertiary/aromatic N) is 2. The van der Waals surface area contributed by atoms with E-state index in [-0.39, 0.29) is 30.7 Å². The number of benzene rings is 1. The molecule has 142 valence electrons. The number of hydrogen-bond donors (Lipinski definition) is 2. The number of hydrogen-bond acceptors (Lipinski definition) is 3. The number of aryl methyl sites for hydroxylation is 2. The molecule has 2 fully saturated rings. The van der Waals surface area contributed by atoms with E-state index in [0.717, 1.165) is 24.0 Å². The summed E-state index contributed by atoms with van der Waals surface area (Å²) in [6.07, 6.45) is 3.94. The fourth-order valence-electron chi connectivity index (χ4n) is 3.26. The standard InChI is InChI=1S/C19H24N4O.2ClH/c1-12-8-18(23(2)22-12)21-19(24)15-5-3-4-14(9-15)16-10-17(16)20-11-13-6-7-13;;/h3-5,8-9,13,16-17,20H,6-7,10-11H2,1-2H3,(H,21,24);2*1H. The smallest absolute Gasteiger partial charge is 0.256 e. The average molecular weight is 397 g/mol. The Kier molecular flexibility index (Phi) is 6.72. The molecule has 2 aromatic rings. The Balaban J connectivity index is 0.00000121. The van der Waals surface area contributed by atoms with Crippen molar-refractivity contribution in [3.8, 4) is 0 Å². The molecule has 0 aliphatic heterocycles. The summed E-state index contributed by atoms with van der Waals surface area (Å²) in [4.78, 5) is 12.5. The van der Waals surface area contributed by atoms with Crippen molar-refractivity contribution in [2.45, 2.75) is 38.1 Å². The van der Waals surface area contributed by atoms with Crippen LogP contribution in [0.4, 0.5) is 5.82 Å². The number of aromatic nitrogens is 2. The van der Waals surface area contributed by atoms with Gasteiger partial charge in [0.25, 0.3) is 5.91 Å². The Labute approximate surface area is 166 Å². The molecule has 1 aromatic carbocycles. The third-order valence-corrected chi connectivity index (χ3v) is 4.98. The SMILES string of the molecule is Cc1cc(NC(=O)c2cccc(C3CC3NCC3CC3)c2)n(C)n1.Cl.Cl. The molecule has 2 saturated carbocycles. The predicted octanol–water partition coefficient (Wildman–Crippen LogP) is 3.68. The summed E-state index contributed by atoms with van der Waals surface area (Å²) in [6.45, 7) is 3.07. The quantitative estimate of drug-likeness (QED) is 0.782. The molecule has 2 aliphatic carbocycles. The van der Waals surface area contributed by atoms with Gasteiger partial charge in [-0.25, -0.2) is 0 Å². The monoisotopic (exact) mass is 396 g/mol. The van der Waals surface area contributed by atoms with E-state index in [2.05, 4.69) is 21.8 Å². The van der Waals surface area contributed by atoms with Crippen molar-refractivity contribution in [1.29, 1.82) is 0 Å². The van der Waals surface area contributed by atoms with Crippen LogP contribution in [-0.4, -0.2) is 28.3 Å². The molecule has 2 N–H and O–H groups in total. The van der Waals surface area contributed by atoms with E-state index in [1.165, 1.54) is 24.8 Å². The lowest BCUT2D eigenvalue weighted by atomic mass is 10.1. The first-order chi connectivity index (χ1) is 11.6. The summed E-state index contributed by atoms with van der Waals surface area (Å²) in [5.41, 5.74) is 2.86. The molecule has 2 unspecified atom stereocenters. The molecule has 4 rings (SSSR count). The molecular weight excluding hydrogens is 371 g/mol. The van der Waals surface area contributed by atoms with Crippen molar-refractivity contribution in [2.75, 3.05) is 11.9 Å². The molecule has 2 aliphatic rings. The van der Waals surface area contributed by atoms with E-state index in [0.29, 0.717) is 17.5 Å². The minimum atomic E-state index is -0.0806. The van der Waals surface area contributed by atoms with Crippen molar-refractivity contribution in [3.63, 3.8) is 0 Å². The molecular formula is C19H26Cl2N4O. The number of nitrogens with one attached hydrogen (secondary N) is 2. The van der Waals surface area contributed by atoms with Gasteiger partial charge in [-0.3, -0.25) is 9.48 Å². The van der Waals surface area contributed by atoms with Crippen LogP contribution in [0.1, 0.15) is 46.8 Å². The molecule has 7 heteroatoms. The minimum Gasteiger partial charge on any atom is -0.313 e. The maximum Gasteiger partial charge on any atom is 0.256 e. The average Bonchev–Trinajstić information content (AvgIpc) is 3.46. The van der Waals surface area contributed by atoms with Crippen LogP contribution in [0.2, 0.25) is 0 Å². The molecule has 0 spiro atoms. The van der Waals surface area contributed by atoms with E-state index in [1.54, 1.807) is 4.68 Å². The lowest BCUT2D eigenvalue weighted by Gasteiger charge is -2.07. The molecule has 1 amide bonds. The van der Waals surface area contributed by atoms with E-state index >= 15 is 0 Å². The van der Waals surface area contributed by atoms with Crippen molar-refractivity contribution >= 4 is 36.5 Å². The van der Waals surface area contributed by atoms with Crippen molar-refractivity contribution in [2.24, 2.45) is 13.0 Å². The van der Waals surface area contributed by atoms with Crippen LogP contribution >= 0.6 is 24.8 Å². The molecule has 0 radical (unpaired) electrons. The maximum atomic E-state index is 12.5. The van der Waals surface area contributed by atoms with Gasteiger partial charge in [-0.15, -0.1) is 24.8 Å². The Morgan fingerprint density at radius 1 is 1.27 bits per heavy atom. The summed E-state index contributed by atoms with van der Waals surface area (Å²) in [7, 11) is 1.83. The highest BCUT2D eigenvalue weighted by Crippen LogP contribution is 2.41. The first-order valence-electron chi connectivity index (χ1n) is 8.75. The van der Waals surface area contributed by atoms with Gasteiger partial charge in [-0.2, -0.15) is 5.10 Å². The van der Waals surface area contributed by atoms with Gasteiger partial charge in [-0.05, 0) is 56.3 Å². The van der Waals surface area contributed by atoms with Crippen molar-refractivity contribution in [3.05, 3.63) is 47.2 Å². The summed E-state index contributed by atoms with van der Waals surface area (Å²) < 4.78 is 1.69. The molecule has 26 heavy (non-hydrogen) atoms. The third-order valence-electron chi connectivity index (χ3n) is 4.98. The van der Waals surface area contributed by atoms with E-state index in [1.807, 2.05) is 38.2 Å². The first-order valence-corrected chi connectivity index (χ1v) is 8.75. The van der Waals surface area contributed by atoms with Crippen LogP contribution < -0.4 is 10.6 Å². The summed E-state index contributed by atoms with van der Waals surface area (Å²) in [5.74, 6) is 2.10. The van der Waals surface area contributed by atoms with Crippen LogP contribution in [0.3, 0.4) is 0 Å². The molecule has 1 aromatic heterocycles. The van der Waals surface area contributed by atoms with Crippen LogP contribution in [0.5, 0.6) is 0 Å². The van der Waals surface area contributed by atoms with Gasteiger partial charge in [-0.1, -0.05) is 12.1 Å². The van der Waals surface area contributed by atoms with Gasteiger partial charge >= 0.3 is 0 Å². The fraction of sp³-hybridized carbons (Fsp3) is 0.474. The Morgan fingerprint density at radius 3 is 2.69 bits per heavy atom. The van der Waals surface area contributed by atoms with Gasteiger partial charge in [0, 0.05) is 30.6 Å².